The zero-order chi connectivity index (χ0) is 11.9. The summed E-state index contributed by atoms with van der Waals surface area (Å²) in [5.41, 5.74) is 0. The molecular weight excluding hydrogens is 220 g/mol. The van der Waals surface area contributed by atoms with E-state index in [1.807, 2.05) is 0 Å². The second kappa shape index (κ2) is 4.79. The van der Waals surface area contributed by atoms with Crippen molar-refractivity contribution in [3.05, 3.63) is 0 Å². The van der Waals surface area contributed by atoms with E-state index in [0.29, 0.717) is 0 Å². The summed E-state index contributed by atoms with van der Waals surface area (Å²) >= 11 is 0. The molecule has 1 saturated heterocycles. The molecular formula is C16H28N2. The van der Waals surface area contributed by atoms with Crippen molar-refractivity contribution in [1.82, 2.24) is 9.80 Å². The van der Waals surface area contributed by atoms with E-state index in [9.17, 15) is 0 Å². The van der Waals surface area contributed by atoms with Crippen LogP contribution < -0.4 is 0 Å². The number of nitrogens with zero attached hydrogens (tertiary/aromatic N) is 2. The van der Waals surface area contributed by atoms with E-state index in [2.05, 4.69) is 9.80 Å². The van der Waals surface area contributed by atoms with Gasteiger partial charge in [0, 0.05) is 38.3 Å². The van der Waals surface area contributed by atoms with Gasteiger partial charge in [-0.15, -0.1) is 0 Å². The predicted octanol–water partition coefficient (Wildman–Crippen LogP) is 2.74. The maximum atomic E-state index is 2.86. The van der Waals surface area contributed by atoms with E-state index in [1.54, 1.807) is 12.8 Å². The van der Waals surface area contributed by atoms with Crippen molar-refractivity contribution in [3.63, 3.8) is 0 Å². The molecule has 0 amide bonds. The van der Waals surface area contributed by atoms with Crippen molar-refractivity contribution in [3.8, 4) is 0 Å². The lowest BCUT2D eigenvalue weighted by molar-refractivity contribution is 0.0517. The molecule has 102 valence electrons. The molecule has 0 spiro atoms. The summed E-state index contributed by atoms with van der Waals surface area (Å²) in [5, 5.41) is 0. The van der Waals surface area contributed by atoms with Gasteiger partial charge in [-0.25, -0.2) is 0 Å². The van der Waals surface area contributed by atoms with Crippen molar-refractivity contribution >= 4 is 0 Å². The summed E-state index contributed by atoms with van der Waals surface area (Å²) in [5.74, 6) is 2.18. The Morgan fingerprint density at radius 2 is 1.39 bits per heavy atom. The highest BCUT2D eigenvalue weighted by molar-refractivity contribution is 4.97. The molecule has 18 heavy (non-hydrogen) atoms. The zero-order valence-electron chi connectivity index (χ0n) is 11.7. The van der Waals surface area contributed by atoms with Gasteiger partial charge in [-0.05, 0) is 43.9 Å². The number of rotatable bonds is 2. The summed E-state index contributed by atoms with van der Waals surface area (Å²) in [6, 6.07) is 1.93. The van der Waals surface area contributed by atoms with Gasteiger partial charge in [0.2, 0.25) is 0 Å². The van der Waals surface area contributed by atoms with E-state index >= 15 is 0 Å². The maximum absolute atomic E-state index is 2.86. The van der Waals surface area contributed by atoms with Crippen molar-refractivity contribution in [1.29, 1.82) is 0 Å². The monoisotopic (exact) mass is 248 g/mol. The van der Waals surface area contributed by atoms with Crippen molar-refractivity contribution in [2.24, 2.45) is 11.8 Å². The van der Waals surface area contributed by atoms with E-state index < -0.39 is 0 Å². The molecule has 0 aromatic carbocycles. The van der Waals surface area contributed by atoms with Crippen LogP contribution in [0.15, 0.2) is 0 Å². The first-order valence-corrected chi connectivity index (χ1v) is 8.38. The summed E-state index contributed by atoms with van der Waals surface area (Å²) in [6.07, 6.45) is 12.1. The Hall–Kier alpha value is -0.0800. The Balaban J connectivity index is 1.32. The Morgan fingerprint density at radius 3 is 2.00 bits per heavy atom. The third kappa shape index (κ3) is 2.02. The minimum absolute atomic E-state index is 0.951. The van der Waals surface area contributed by atoms with Crippen LogP contribution in [0.1, 0.15) is 51.4 Å². The van der Waals surface area contributed by atoms with Crippen LogP contribution in [0, 0.1) is 11.8 Å². The molecule has 3 atom stereocenters. The number of hydrogen-bond donors (Lipinski definition) is 0. The molecule has 2 heteroatoms. The fourth-order valence-corrected chi connectivity index (χ4v) is 5.36. The minimum Gasteiger partial charge on any atom is -0.298 e. The second-order valence-electron chi connectivity index (χ2n) is 7.25. The maximum Gasteiger partial charge on any atom is 0.0127 e. The van der Waals surface area contributed by atoms with Crippen LogP contribution in [-0.4, -0.2) is 48.1 Å². The lowest BCUT2D eigenvalue weighted by Crippen LogP contribution is -2.53. The van der Waals surface area contributed by atoms with Crippen molar-refractivity contribution < 1.29 is 0 Å². The van der Waals surface area contributed by atoms with Gasteiger partial charge in [0.05, 0.1) is 0 Å². The molecule has 0 aromatic heterocycles. The molecule has 4 rings (SSSR count). The van der Waals surface area contributed by atoms with Gasteiger partial charge in [0.1, 0.15) is 0 Å². The summed E-state index contributed by atoms with van der Waals surface area (Å²) < 4.78 is 0. The van der Waals surface area contributed by atoms with E-state index in [1.165, 1.54) is 64.7 Å². The summed E-state index contributed by atoms with van der Waals surface area (Å²) in [4.78, 5) is 5.66. The Morgan fingerprint density at radius 1 is 0.667 bits per heavy atom. The zero-order valence-corrected chi connectivity index (χ0v) is 11.7. The Kier molecular flexibility index (Phi) is 3.12. The molecule has 0 N–H and O–H groups in total. The number of hydrogen-bond acceptors (Lipinski definition) is 2. The van der Waals surface area contributed by atoms with Crippen molar-refractivity contribution in [2.75, 3.05) is 26.2 Å². The van der Waals surface area contributed by atoms with Crippen LogP contribution in [0.25, 0.3) is 0 Å². The van der Waals surface area contributed by atoms with Gasteiger partial charge in [-0.3, -0.25) is 9.80 Å². The van der Waals surface area contributed by atoms with Gasteiger partial charge in [-0.2, -0.15) is 0 Å². The third-order valence-electron chi connectivity index (χ3n) is 6.36. The van der Waals surface area contributed by atoms with Crippen molar-refractivity contribution in [2.45, 2.75) is 63.5 Å². The highest BCUT2D eigenvalue weighted by atomic mass is 15.3. The van der Waals surface area contributed by atoms with E-state index in [4.69, 9.17) is 0 Å². The Bertz CT molecular complexity index is 289. The number of fused-ring (bicyclic) bond motifs is 2. The lowest BCUT2D eigenvalue weighted by Gasteiger charge is -2.43. The smallest absolute Gasteiger partial charge is 0.0127 e. The molecule has 1 heterocycles. The van der Waals surface area contributed by atoms with Crippen LogP contribution in [0.5, 0.6) is 0 Å². The van der Waals surface area contributed by atoms with E-state index in [0.717, 1.165) is 23.9 Å². The van der Waals surface area contributed by atoms with Gasteiger partial charge >= 0.3 is 0 Å². The molecule has 3 saturated carbocycles. The van der Waals surface area contributed by atoms with Gasteiger partial charge < -0.3 is 0 Å². The van der Waals surface area contributed by atoms with Crippen LogP contribution in [0.2, 0.25) is 0 Å². The standard InChI is InChI=1S/C16H28N2/c1-2-4-15(3-1)17-7-9-18(10-8-17)16-12-13-5-6-14(16)11-13/h13-16H,1-12H2/t13-,14-,16+/m1/s1. The first-order chi connectivity index (χ1) is 8.90. The summed E-state index contributed by atoms with van der Waals surface area (Å²) in [7, 11) is 0. The number of piperazine rings is 1. The SMILES string of the molecule is C1CCC(N2CCN([C@H]3C[C@@H]4CC[C@@H]3C4)CC2)C1. The summed E-state index contributed by atoms with van der Waals surface area (Å²) in [6.45, 7) is 5.45. The van der Waals surface area contributed by atoms with Crippen LogP contribution in [-0.2, 0) is 0 Å². The van der Waals surface area contributed by atoms with Gasteiger partial charge in [-0.1, -0.05) is 19.3 Å². The van der Waals surface area contributed by atoms with Gasteiger partial charge in [0.15, 0.2) is 0 Å². The normalized spacial score (nSPS) is 43.0. The van der Waals surface area contributed by atoms with Crippen LogP contribution in [0.4, 0.5) is 0 Å². The highest BCUT2D eigenvalue weighted by Crippen LogP contribution is 2.46. The van der Waals surface area contributed by atoms with Crippen LogP contribution in [0.3, 0.4) is 0 Å². The Labute approximate surface area is 112 Å². The average Bonchev–Trinajstić information content (AvgIpc) is 3.16. The molecule has 1 aliphatic heterocycles. The fraction of sp³-hybridized carbons (Fsp3) is 1.00. The second-order valence-corrected chi connectivity index (χ2v) is 7.25. The third-order valence-corrected chi connectivity index (χ3v) is 6.36. The molecule has 0 unspecified atom stereocenters. The topological polar surface area (TPSA) is 6.48 Å². The predicted molar refractivity (Wildman–Crippen MR) is 74.6 cm³/mol. The molecule has 2 bridgehead atoms. The van der Waals surface area contributed by atoms with Gasteiger partial charge in [0.25, 0.3) is 0 Å². The molecule has 0 aromatic rings. The molecule has 3 aliphatic carbocycles. The first kappa shape index (κ1) is 11.7. The molecule has 0 radical (unpaired) electrons. The van der Waals surface area contributed by atoms with Crippen LogP contribution >= 0.6 is 0 Å². The molecule has 4 fully saturated rings. The lowest BCUT2D eigenvalue weighted by atomic mass is 9.93. The molecule has 4 aliphatic rings. The highest BCUT2D eigenvalue weighted by Gasteiger charge is 2.43. The minimum atomic E-state index is 0.951. The first-order valence-electron chi connectivity index (χ1n) is 8.38. The van der Waals surface area contributed by atoms with E-state index in [-0.39, 0.29) is 0 Å². The molecule has 2 nitrogen and oxygen atoms in total. The quantitative estimate of drug-likeness (QED) is 0.741. The largest absolute Gasteiger partial charge is 0.298 e. The average molecular weight is 248 g/mol. The fourth-order valence-electron chi connectivity index (χ4n) is 5.36.